The van der Waals surface area contributed by atoms with Crippen molar-refractivity contribution in [2.24, 2.45) is 5.73 Å². The minimum Gasteiger partial charge on any atom is -0.464 e. The zero-order valence-electron chi connectivity index (χ0n) is 8.64. The average molecular weight is 229 g/mol. The van der Waals surface area contributed by atoms with E-state index in [-0.39, 0.29) is 5.97 Å². The highest BCUT2D eigenvalue weighted by Gasteiger charge is 2.17. The molecule has 15 heavy (non-hydrogen) atoms. The molecular weight excluding hydrogens is 214 g/mol. The van der Waals surface area contributed by atoms with Crippen molar-refractivity contribution in [3.8, 4) is 0 Å². The number of methoxy groups -OCH3 is 1. The minimum atomic E-state index is -0.660. The summed E-state index contributed by atoms with van der Waals surface area (Å²) in [5, 5.41) is 1.88. The predicted octanol–water partition coefficient (Wildman–Crippen LogP) is 1.33. The lowest BCUT2D eigenvalue weighted by molar-refractivity contribution is -0.145. The molecule has 0 aliphatic heterocycles. The summed E-state index contributed by atoms with van der Waals surface area (Å²) >= 11 is 1.45. The minimum absolute atomic E-state index is 0.353. The Morgan fingerprint density at radius 3 is 3.00 bits per heavy atom. The van der Waals surface area contributed by atoms with Gasteiger partial charge in [-0.3, -0.25) is 0 Å². The first kappa shape index (κ1) is 12.2. The molecule has 1 unspecified atom stereocenters. The van der Waals surface area contributed by atoms with E-state index in [0.717, 1.165) is 4.88 Å². The quantitative estimate of drug-likeness (QED) is 0.590. The Bertz CT molecular complexity index is 287. The lowest BCUT2D eigenvalue weighted by Gasteiger charge is -2.09. The van der Waals surface area contributed by atoms with Crippen LogP contribution in [-0.2, 0) is 14.3 Å². The highest BCUT2D eigenvalue weighted by molar-refractivity contribution is 7.10. The largest absolute Gasteiger partial charge is 0.464 e. The van der Waals surface area contributed by atoms with Crippen LogP contribution in [0.3, 0.4) is 0 Å². The molecule has 0 radical (unpaired) electrons. The lowest BCUT2D eigenvalue weighted by Crippen LogP contribution is -2.23. The van der Waals surface area contributed by atoms with Crippen LogP contribution in [0.15, 0.2) is 17.5 Å². The monoisotopic (exact) mass is 229 g/mol. The van der Waals surface area contributed by atoms with Crippen LogP contribution in [0.1, 0.15) is 17.3 Å². The van der Waals surface area contributed by atoms with E-state index in [4.69, 9.17) is 15.2 Å². The number of esters is 1. The Morgan fingerprint density at radius 1 is 1.60 bits per heavy atom. The highest BCUT2D eigenvalue weighted by Crippen LogP contribution is 2.17. The molecule has 1 aromatic heterocycles. The third kappa shape index (κ3) is 3.99. The van der Waals surface area contributed by atoms with E-state index < -0.39 is 6.04 Å². The molecule has 0 fully saturated rings. The van der Waals surface area contributed by atoms with E-state index in [9.17, 15) is 4.79 Å². The highest BCUT2D eigenvalue weighted by atomic mass is 32.1. The van der Waals surface area contributed by atoms with Gasteiger partial charge in [-0.25, -0.2) is 4.79 Å². The van der Waals surface area contributed by atoms with Crippen LogP contribution in [0.5, 0.6) is 0 Å². The Kier molecular flexibility index (Phi) is 5.31. The van der Waals surface area contributed by atoms with Crippen molar-refractivity contribution in [3.63, 3.8) is 0 Å². The zero-order chi connectivity index (χ0) is 11.1. The van der Waals surface area contributed by atoms with Crippen LogP contribution < -0.4 is 5.73 Å². The third-order valence-corrected chi connectivity index (χ3v) is 2.80. The maximum Gasteiger partial charge on any atom is 0.328 e. The zero-order valence-corrected chi connectivity index (χ0v) is 9.46. The molecule has 0 amide bonds. The van der Waals surface area contributed by atoms with E-state index >= 15 is 0 Å². The molecule has 4 nitrogen and oxygen atoms in total. The molecule has 1 rings (SSSR count). The number of hydrogen-bond donors (Lipinski definition) is 1. The predicted molar refractivity (Wildman–Crippen MR) is 58.7 cm³/mol. The molecule has 0 aromatic carbocycles. The Balaban J connectivity index is 2.28. The maximum absolute atomic E-state index is 11.4. The first-order valence-corrected chi connectivity index (χ1v) is 5.58. The Morgan fingerprint density at radius 2 is 2.40 bits per heavy atom. The van der Waals surface area contributed by atoms with Gasteiger partial charge in [0, 0.05) is 25.0 Å². The van der Waals surface area contributed by atoms with Gasteiger partial charge in [0.05, 0.1) is 6.61 Å². The molecule has 0 saturated carbocycles. The SMILES string of the molecule is COCCCOC(=O)C(N)c1cccs1. The van der Waals surface area contributed by atoms with Crippen molar-refractivity contribution in [1.29, 1.82) is 0 Å². The number of nitrogens with two attached hydrogens (primary N) is 1. The summed E-state index contributed by atoms with van der Waals surface area (Å²) in [5.74, 6) is -0.381. The van der Waals surface area contributed by atoms with Gasteiger partial charge in [0.15, 0.2) is 0 Å². The second kappa shape index (κ2) is 6.55. The van der Waals surface area contributed by atoms with Crippen LogP contribution in [0.4, 0.5) is 0 Å². The fourth-order valence-electron chi connectivity index (χ4n) is 1.05. The molecule has 5 heteroatoms. The number of hydrogen-bond acceptors (Lipinski definition) is 5. The molecule has 2 N–H and O–H groups in total. The fraction of sp³-hybridized carbons (Fsp3) is 0.500. The van der Waals surface area contributed by atoms with Crippen LogP contribution in [0.2, 0.25) is 0 Å². The smallest absolute Gasteiger partial charge is 0.328 e. The van der Waals surface area contributed by atoms with Crippen LogP contribution in [-0.4, -0.2) is 26.3 Å². The first-order chi connectivity index (χ1) is 7.25. The number of carbonyl (C=O) groups is 1. The molecule has 84 valence electrons. The van der Waals surface area contributed by atoms with Crippen LogP contribution in [0, 0.1) is 0 Å². The average Bonchev–Trinajstić information content (AvgIpc) is 2.76. The Hall–Kier alpha value is -0.910. The van der Waals surface area contributed by atoms with Crippen molar-refractivity contribution >= 4 is 17.3 Å². The van der Waals surface area contributed by atoms with Gasteiger partial charge >= 0.3 is 5.97 Å². The van der Waals surface area contributed by atoms with Gasteiger partial charge in [0.1, 0.15) is 6.04 Å². The van der Waals surface area contributed by atoms with Gasteiger partial charge in [-0.2, -0.15) is 0 Å². The van der Waals surface area contributed by atoms with E-state index in [2.05, 4.69) is 0 Å². The molecule has 1 aromatic rings. The summed E-state index contributed by atoms with van der Waals surface area (Å²) in [6, 6.07) is 3.02. The topological polar surface area (TPSA) is 61.5 Å². The van der Waals surface area contributed by atoms with Gasteiger partial charge in [-0.1, -0.05) is 6.07 Å². The van der Waals surface area contributed by atoms with Crippen molar-refractivity contribution < 1.29 is 14.3 Å². The summed E-state index contributed by atoms with van der Waals surface area (Å²) in [6.07, 6.45) is 0.694. The van der Waals surface area contributed by atoms with Crippen LogP contribution in [0.25, 0.3) is 0 Å². The molecule has 0 aliphatic rings. The summed E-state index contributed by atoms with van der Waals surface area (Å²) < 4.78 is 9.83. The van der Waals surface area contributed by atoms with Crippen molar-refractivity contribution in [2.75, 3.05) is 20.3 Å². The van der Waals surface area contributed by atoms with Gasteiger partial charge in [-0.15, -0.1) is 11.3 Å². The lowest BCUT2D eigenvalue weighted by atomic mass is 10.2. The van der Waals surface area contributed by atoms with E-state index in [1.54, 1.807) is 7.11 Å². The fourth-order valence-corrected chi connectivity index (χ4v) is 1.76. The van der Waals surface area contributed by atoms with Gasteiger partial charge < -0.3 is 15.2 Å². The molecule has 0 spiro atoms. The molecule has 1 atom stereocenters. The van der Waals surface area contributed by atoms with E-state index in [1.807, 2.05) is 17.5 Å². The van der Waals surface area contributed by atoms with Crippen molar-refractivity contribution in [3.05, 3.63) is 22.4 Å². The van der Waals surface area contributed by atoms with Crippen molar-refractivity contribution in [2.45, 2.75) is 12.5 Å². The summed E-state index contributed by atoms with van der Waals surface area (Å²) in [6.45, 7) is 0.938. The number of ether oxygens (including phenoxy) is 2. The second-order valence-corrected chi connectivity index (χ2v) is 3.99. The summed E-state index contributed by atoms with van der Waals surface area (Å²) in [5.41, 5.74) is 5.70. The first-order valence-electron chi connectivity index (χ1n) is 4.70. The van der Waals surface area contributed by atoms with Gasteiger partial charge in [-0.05, 0) is 11.4 Å². The van der Waals surface area contributed by atoms with E-state index in [0.29, 0.717) is 19.6 Å². The number of rotatable bonds is 6. The summed E-state index contributed by atoms with van der Waals surface area (Å²) in [7, 11) is 1.61. The molecule has 0 bridgehead atoms. The maximum atomic E-state index is 11.4. The van der Waals surface area contributed by atoms with Gasteiger partial charge in [0.25, 0.3) is 0 Å². The number of carbonyl (C=O) groups excluding carboxylic acids is 1. The molecule has 1 heterocycles. The Labute approximate surface area is 93.0 Å². The summed E-state index contributed by atoms with van der Waals surface area (Å²) in [4.78, 5) is 12.2. The van der Waals surface area contributed by atoms with Crippen molar-refractivity contribution in [1.82, 2.24) is 0 Å². The molecule has 0 saturated heterocycles. The standard InChI is InChI=1S/C10H15NO3S/c1-13-5-3-6-14-10(12)9(11)8-4-2-7-15-8/h2,4,7,9H,3,5-6,11H2,1H3. The van der Waals surface area contributed by atoms with E-state index in [1.165, 1.54) is 11.3 Å². The molecular formula is C10H15NO3S. The van der Waals surface area contributed by atoms with Gasteiger partial charge in [0.2, 0.25) is 0 Å². The second-order valence-electron chi connectivity index (χ2n) is 3.01. The van der Waals surface area contributed by atoms with Crippen LogP contribution >= 0.6 is 11.3 Å². The molecule has 0 aliphatic carbocycles. The normalized spacial score (nSPS) is 12.4. The third-order valence-electron chi connectivity index (χ3n) is 1.84. The number of thiophene rings is 1.